The van der Waals surface area contributed by atoms with Crippen LogP contribution in [0.3, 0.4) is 0 Å². The number of amides is 1. The number of carbonyl (C=O) groups excluding carboxylic acids is 1. The van der Waals surface area contributed by atoms with E-state index >= 15 is 0 Å². The molecule has 0 spiro atoms. The van der Waals surface area contributed by atoms with Crippen molar-refractivity contribution in [1.82, 2.24) is 15.4 Å². The van der Waals surface area contributed by atoms with E-state index in [-0.39, 0.29) is 33.8 Å². The van der Waals surface area contributed by atoms with Crippen molar-refractivity contribution in [1.29, 1.82) is 0 Å². The molecule has 0 radical (unpaired) electrons. The van der Waals surface area contributed by atoms with Crippen molar-refractivity contribution in [3.63, 3.8) is 0 Å². The molecule has 0 aromatic heterocycles. The summed E-state index contributed by atoms with van der Waals surface area (Å²) in [7, 11) is -1.18. The van der Waals surface area contributed by atoms with Crippen LogP contribution in [0, 0.1) is 0 Å². The highest BCUT2D eigenvalue weighted by molar-refractivity contribution is 7.92. The van der Waals surface area contributed by atoms with Crippen molar-refractivity contribution in [3.05, 3.63) is 46.5 Å². The molecule has 2 aromatic rings. The number of halogens is 1. The Morgan fingerprint density at radius 1 is 1.21 bits per heavy atom. The molecule has 1 unspecified atom stereocenters. The quantitative estimate of drug-likeness (QED) is 0.449. The number of rotatable bonds is 8. The smallest absolute Gasteiger partial charge is 0.267 e. The summed E-state index contributed by atoms with van der Waals surface area (Å²) in [6, 6.07) is 7.34. The van der Waals surface area contributed by atoms with E-state index in [1.807, 2.05) is 6.92 Å². The zero-order valence-electron chi connectivity index (χ0n) is 18.9. The third-order valence-electron chi connectivity index (χ3n) is 5.05. The van der Waals surface area contributed by atoms with Gasteiger partial charge in [-0.1, -0.05) is 18.5 Å². The summed E-state index contributed by atoms with van der Waals surface area (Å²) in [5.41, 5.74) is 0.888. The number of benzene rings is 2. The number of fused-ring (bicyclic) bond motifs is 1. The normalized spacial score (nSPS) is 14.9. The monoisotopic (exact) mass is 527 g/mol. The lowest BCUT2D eigenvalue weighted by Gasteiger charge is -2.27. The molecule has 1 heterocycles. The van der Waals surface area contributed by atoms with Crippen LogP contribution in [0.4, 0.5) is 0 Å². The van der Waals surface area contributed by atoms with Crippen molar-refractivity contribution >= 4 is 44.9 Å². The Balaban J connectivity index is 1.82. The van der Waals surface area contributed by atoms with Crippen LogP contribution in [0.2, 0.25) is 5.02 Å². The van der Waals surface area contributed by atoms with Gasteiger partial charge in [-0.3, -0.25) is 9.52 Å². The van der Waals surface area contributed by atoms with E-state index in [9.17, 15) is 13.2 Å². The van der Waals surface area contributed by atoms with Gasteiger partial charge < -0.3 is 24.8 Å². The zero-order chi connectivity index (χ0) is 24.9. The molecule has 3 rings (SSSR count). The maximum atomic E-state index is 13.0. The number of carbonyl (C=O) groups is 1. The van der Waals surface area contributed by atoms with Gasteiger partial charge in [-0.2, -0.15) is 0 Å². The number of ether oxygens (including phenoxy) is 3. The highest BCUT2D eigenvalue weighted by Gasteiger charge is 2.28. The van der Waals surface area contributed by atoms with Gasteiger partial charge in [0, 0.05) is 17.6 Å². The molecule has 0 aliphatic carbocycles. The minimum absolute atomic E-state index is 0.00140. The molecule has 12 heteroatoms. The zero-order valence-corrected chi connectivity index (χ0v) is 21.3. The molecule has 1 aliphatic heterocycles. The van der Waals surface area contributed by atoms with Gasteiger partial charge in [-0.15, -0.1) is 0 Å². The van der Waals surface area contributed by atoms with Gasteiger partial charge in [-0.25, -0.2) is 8.42 Å². The lowest BCUT2D eigenvalue weighted by molar-refractivity contribution is 0.0912. The number of hydrogen-bond donors (Lipinski definition) is 3. The van der Waals surface area contributed by atoms with Crippen molar-refractivity contribution in [3.8, 4) is 17.2 Å². The lowest BCUT2D eigenvalue weighted by atomic mass is 10.0. The molecule has 184 valence electrons. The topological polar surface area (TPSA) is 115 Å². The summed E-state index contributed by atoms with van der Waals surface area (Å²) >= 11 is 11.1. The minimum atomic E-state index is -4.02. The SMILES string of the molecule is CCCNC(=S)NS(=O)(=O)c1cc2c(cc1OC)OCC(NC(=O)c1cc(Cl)ccc1OC)C2. The number of nitrogens with one attached hydrogen (secondary N) is 3. The first-order chi connectivity index (χ1) is 16.2. The van der Waals surface area contributed by atoms with E-state index in [0.29, 0.717) is 35.1 Å². The predicted octanol–water partition coefficient (Wildman–Crippen LogP) is 2.65. The summed E-state index contributed by atoms with van der Waals surface area (Å²) in [5.74, 6) is 0.603. The second-order valence-corrected chi connectivity index (χ2v) is 10.00. The molecule has 0 saturated carbocycles. The second-order valence-electron chi connectivity index (χ2n) is 7.50. The van der Waals surface area contributed by atoms with Gasteiger partial charge in [-0.05, 0) is 54.9 Å². The molecular weight excluding hydrogens is 502 g/mol. The summed E-state index contributed by atoms with van der Waals surface area (Å²) in [5, 5.41) is 6.11. The molecular formula is C22H26ClN3O6S2. The number of thiocarbonyl (C=S) groups is 1. The average Bonchev–Trinajstić information content (AvgIpc) is 2.81. The van der Waals surface area contributed by atoms with Crippen LogP contribution >= 0.6 is 23.8 Å². The van der Waals surface area contributed by atoms with Gasteiger partial charge in [0.1, 0.15) is 28.8 Å². The fourth-order valence-electron chi connectivity index (χ4n) is 3.43. The fraction of sp³-hybridized carbons (Fsp3) is 0.364. The Labute approximate surface area is 209 Å². The van der Waals surface area contributed by atoms with Crippen molar-refractivity contribution in [2.45, 2.75) is 30.7 Å². The molecule has 9 nitrogen and oxygen atoms in total. The minimum Gasteiger partial charge on any atom is -0.496 e. The number of hydrogen-bond acceptors (Lipinski definition) is 7. The van der Waals surface area contributed by atoms with E-state index in [0.717, 1.165) is 6.42 Å². The lowest BCUT2D eigenvalue weighted by Crippen LogP contribution is -2.43. The predicted molar refractivity (Wildman–Crippen MR) is 133 cm³/mol. The molecule has 1 atom stereocenters. The summed E-state index contributed by atoms with van der Waals surface area (Å²) in [6.07, 6.45) is 1.13. The van der Waals surface area contributed by atoms with Crippen molar-refractivity contribution < 1.29 is 27.4 Å². The van der Waals surface area contributed by atoms with E-state index in [1.165, 1.54) is 32.4 Å². The van der Waals surface area contributed by atoms with Gasteiger partial charge in [0.25, 0.3) is 15.9 Å². The van der Waals surface area contributed by atoms with Gasteiger partial charge in [0.15, 0.2) is 5.11 Å². The van der Waals surface area contributed by atoms with Crippen LogP contribution in [-0.4, -0.2) is 52.9 Å². The average molecular weight is 528 g/mol. The summed E-state index contributed by atoms with van der Waals surface area (Å²) in [4.78, 5) is 12.8. The third kappa shape index (κ3) is 6.02. The molecule has 3 N–H and O–H groups in total. The Hall–Kier alpha value is -2.76. The highest BCUT2D eigenvalue weighted by atomic mass is 35.5. The van der Waals surface area contributed by atoms with E-state index < -0.39 is 16.1 Å². The van der Waals surface area contributed by atoms with Crippen LogP contribution in [0.25, 0.3) is 0 Å². The summed E-state index contributed by atoms with van der Waals surface area (Å²) < 4.78 is 44.6. The van der Waals surface area contributed by atoms with E-state index in [1.54, 1.807) is 12.1 Å². The Morgan fingerprint density at radius 3 is 2.62 bits per heavy atom. The molecule has 1 amide bonds. The largest absolute Gasteiger partial charge is 0.496 e. The molecule has 0 fully saturated rings. The number of sulfonamides is 1. The molecule has 0 bridgehead atoms. The van der Waals surface area contributed by atoms with Crippen LogP contribution in [-0.2, 0) is 16.4 Å². The van der Waals surface area contributed by atoms with Crippen LogP contribution in [0.5, 0.6) is 17.2 Å². The fourth-order valence-corrected chi connectivity index (χ4v) is 5.16. The highest BCUT2D eigenvalue weighted by Crippen LogP contribution is 2.35. The van der Waals surface area contributed by atoms with Crippen molar-refractivity contribution in [2.24, 2.45) is 0 Å². The third-order valence-corrected chi connectivity index (χ3v) is 7.03. The standard InChI is InChI=1S/C22H26ClN3O6S2/c1-4-7-24-22(33)26-34(28,29)20-9-13-8-15(12-32-18(13)11-19(20)31-3)25-21(27)16-10-14(23)5-6-17(16)30-2/h5-6,9-11,15H,4,7-8,12H2,1-3H3,(H,25,27)(H2,24,26,33). The van der Waals surface area contributed by atoms with Gasteiger partial charge in [0.05, 0.1) is 25.8 Å². The maximum absolute atomic E-state index is 13.0. The first kappa shape index (κ1) is 25.9. The Bertz CT molecular complexity index is 1190. The number of methoxy groups -OCH3 is 2. The molecule has 0 saturated heterocycles. The first-order valence-corrected chi connectivity index (χ1v) is 12.7. The Morgan fingerprint density at radius 2 is 1.94 bits per heavy atom. The first-order valence-electron chi connectivity index (χ1n) is 10.5. The van der Waals surface area contributed by atoms with Crippen LogP contribution in [0.15, 0.2) is 35.2 Å². The van der Waals surface area contributed by atoms with Crippen molar-refractivity contribution in [2.75, 3.05) is 27.4 Å². The molecule has 1 aliphatic rings. The van der Waals surface area contributed by atoms with Crippen LogP contribution < -0.4 is 29.6 Å². The van der Waals surface area contributed by atoms with Gasteiger partial charge >= 0.3 is 0 Å². The Kier molecular flexibility index (Phi) is 8.45. The molecule has 2 aromatic carbocycles. The van der Waals surface area contributed by atoms with E-state index in [2.05, 4.69) is 15.4 Å². The van der Waals surface area contributed by atoms with Gasteiger partial charge in [0.2, 0.25) is 0 Å². The summed E-state index contributed by atoms with van der Waals surface area (Å²) in [6.45, 7) is 2.67. The van der Waals surface area contributed by atoms with E-state index in [4.69, 9.17) is 38.0 Å². The molecule has 34 heavy (non-hydrogen) atoms. The van der Waals surface area contributed by atoms with Crippen LogP contribution in [0.1, 0.15) is 29.3 Å². The second kappa shape index (κ2) is 11.1. The maximum Gasteiger partial charge on any atom is 0.267 e.